The number of fused-ring (bicyclic) bond motifs is 1. The molecule has 0 saturated carbocycles. The predicted molar refractivity (Wildman–Crippen MR) is 101 cm³/mol. The Morgan fingerprint density at radius 3 is 2.58 bits per heavy atom. The Morgan fingerprint density at radius 2 is 1.88 bits per heavy atom. The van der Waals surface area contributed by atoms with Crippen LogP contribution in [0.15, 0.2) is 54.6 Å². The number of aromatic nitrogens is 3. The van der Waals surface area contributed by atoms with E-state index in [4.69, 9.17) is 11.6 Å². The number of anilines is 2. The van der Waals surface area contributed by atoms with Crippen molar-refractivity contribution in [3.8, 4) is 0 Å². The summed E-state index contributed by atoms with van der Waals surface area (Å²) in [5.74, 6) is 0.741. The second-order valence-corrected chi connectivity index (χ2v) is 6.73. The lowest BCUT2D eigenvalue weighted by Crippen LogP contribution is -2.28. The van der Waals surface area contributed by atoms with Gasteiger partial charge in [-0.3, -0.25) is 10.1 Å². The first-order valence-corrected chi connectivity index (χ1v) is 8.79. The van der Waals surface area contributed by atoms with Crippen LogP contribution in [0, 0.1) is 0 Å². The van der Waals surface area contributed by atoms with Crippen molar-refractivity contribution in [2.24, 2.45) is 0 Å². The molecule has 1 aliphatic rings. The van der Waals surface area contributed by atoms with Crippen molar-refractivity contribution in [3.05, 3.63) is 70.7 Å². The lowest BCUT2D eigenvalue weighted by molar-refractivity contribution is -0.114. The minimum Gasteiger partial charge on any atom is -0.347 e. The number of rotatable bonds is 3. The van der Waals surface area contributed by atoms with Crippen LogP contribution in [0.5, 0.6) is 0 Å². The van der Waals surface area contributed by atoms with Gasteiger partial charge >= 0.3 is 0 Å². The fourth-order valence-corrected chi connectivity index (χ4v) is 3.38. The molecule has 0 saturated heterocycles. The van der Waals surface area contributed by atoms with Crippen LogP contribution in [0.1, 0.15) is 36.6 Å². The molecule has 1 aliphatic heterocycles. The normalized spacial score (nSPS) is 18.7. The number of hydrogen-bond donors (Lipinski definition) is 2. The highest BCUT2D eigenvalue weighted by atomic mass is 35.5. The first kappa shape index (κ1) is 16.6. The molecule has 2 N–H and O–H groups in total. The van der Waals surface area contributed by atoms with Gasteiger partial charge < -0.3 is 5.32 Å². The van der Waals surface area contributed by atoms with Crippen LogP contribution in [-0.4, -0.2) is 20.7 Å². The van der Waals surface area contributed by atoms with Crippen molar-refractivity contribution in [1.82, 2.24) is 14.8 Å². The second-order valence-electron chi connectivity index (χ2n) is 6.30. The Balaban J connectivity index is 1.74. The summed E-state index contributed by atoms with van der Waals surface area (Å²) in [7, 11) is 0. The third kappa shape index (κ3) is 3.28. The average molecular weight is 368 g/mol. The van der Waals surface area contributed by atoms with Gasteiger partial charge in [0, 0.05) is 11.9 Å². The van der Waals surface area contributed by atoms with E-state index in [1.54, 1.807) is 0 Å². The van der Waals surface area contributed by atoms with Crippen LogP contribution in [-0.2, 0) is 4.79 Å². The van der Waals surface area contributed by atoms with E-state index < -0.39 is 0 Å². The van der Waals surface area contributed by atoms with Gasteiger partial charge in [0.1, 0.15) is 0 Å². The minimum absolute atomic E-state index is 0.0168. The van der Waals surface area contributed by atoms with Gasteiger partial charge in [0.25, 0.3) is 5.95 Å². The molecule has 0 fully saturated rings. The van der Waals surface area contributed by atoms with Gasteiger partial charge in [0.15, 0.2) is 0 Å². The summed E-state index contributed by atoms with van der Waals surface area (Å²) >= 11 is 6.02. The lowest BCUT2D eigenvalue weighted by Gasteiger charge is -2.31. The van der Waals surface area contributed by atoms with Crippen molar-refractivity contribution in [1.29, 1.82) is 0 Å². The van der Waals surface area contributed by atoms with Crippen molar-refractivity contribution >= 4 is 29.4 Å². The van der Waals surface area contributed by atoms with Gasteiger partial charge in [0.2, 0.25) is 11.9 Å². The Kier molecular flexibility index (Phi) is 4.34. The van der Waals surface area contributed by atoms with Gasteiger partial charge in [-0.1, -0.05) is 54.1 Å². The second kappa shape index (κ2) is 6.80. The van der Waals surface area contributed by atoms with Gasteiger partial charge in [-0.05, 0) is 29.7 Å². The van der Waals surface area contributed by atoms with Crippen LogP contribution >= 0.6 is 11.6 Å². The third-order valence-corrected chi connectivity index (χ3v) is 4.69. The van der Waals surface area contributed by atoms with Crippen molar-refractivity contribution in [2.75, 3.05) is 10.6 Å². The number of amides is 1. The van der Waals surface area contributed by atoms with E-state index in [-0.39, 0.29) is 18.0 Å². The standard InChI is InChI=1S/C19H18ClN5O/c1-12(26)21-18-23-19-22-16(13-7-9-15(20)10-8-13)11-17(25(19)24-18)14-5-3-2-4-6-14/h2-10,16-17H,11H2,1H3,(H2,21,22,23,24,26)/t16-,17+/m1/s1. The summed E-state index contributed by atoms with van der Waals surface area (Å²) in [6.45, 7) is 1.44. The fraction of sp³-hybridized carbons (Fsp3) is 0.211. The maximum atomic E-state index is 11.4. The van der Waals surface area contributed by atoms with Crippen LogP contribution in [0.3, 0.4) is 0 Å². The predicted octanol–water partition coefficient (Wildman–Crippen LogP) is 4.04. The van der Waals surface area contributed by atoms with E-state index in [2.05, 4.69) is 32.8 Å². The molecule has 0 bridgehead atoms. The average Bonchev–Trinajstić information content (AvgIpc) is 3.03. The highest BCUT2D eigenvalue weighted by molar-refractivity contribution is 6.30. The summed E-state index contributed by atoms with van der Waals surface area (Å²) in [4.78, 5) is 15.8. The molecule has 4 rings (SSSR count). The molecule has 6 nitrogen and oxygen atoms in total. The smallest absolute Gasteiger partial charge is 0.250 e. The molecular weight excluding hydrogens is 350 g/mol. The van der Waals surface area contributed by atoms with Crippen molar-refractivity contribution in [2.45, 2.75) is 25.4 Å². The first-order chi connectivity index (χ1) is 12.6. The minimum atomic E-state index is -0.196. The molecule has 3 aromatic rings. The van der Waals surface area contributed by atoms with E-state index in [0.29, 0.717) is 16.9 Å². The van der Waals surface area contributed by atoms with Crippen LogP contribution in [0.2, 0.25) is 5.02 Å². The number of halogens is 1. The zero-order valence-corrected chi connectivity index (χ0v) is 14.9. The molecule has 132 valence electrons. The van der Waals surface area contributed by atoms with Crippen LogP contribution in [0.25, 0.3) is 0 Å². The first-order valence-electron chi connectivity index (χ1n) is 8.41. The Morgan fingerprint density at radius 1 is 1.15 bits per heavy atom. The van der Waals surface area contributed by atoms with E-state index >= 15 is 0 Å². The molecule has 0 unspecified atom stereocenters. The molecule has 0 aliphatic carbocycles. The molecular formula is C19H18ClN5O. The monoisotopic (exact) mass is 367 g/mol. The maximum absolute atomic E-state index is 11.4. The van der Waals surface area contributed by atoms with Gasteiger partial charge in [-0.25, -0.2) is 4.68 Å². The summed E-state index contributed by atoms with van der Waals surface area (Å²) in [5.41, 5.74) is 2.28. The van der Waals surface area contributed by atoms with E-state index in [1.165, 1.54) is 6.92 Å². The van der Waals surface area contributed by atoms with Crippen LogP contribution < -0.4 is 10.6 Å². The molecule has 26 heavy (non-hydrogen) atoms. The van der Waals surface area contributed by atoms with Crippen LogP contribution in [0.4, 0.5) is 11.9 Å². The number of hydrogen-bond acceptors (Lipinski definition) is 4. The third-order valence-electron chi connectivity index (χ3n) is 4.43. The topological polar surface area (TPSA) is 71.8 Å². The largest absolute Gasteiger partial charge is 0.347 e. The van der Waals surface area contributed by atoms with Crippen molar-refractivity contribution in [3.63, 3.8) is 0 Å². The van der Waals surface area contributed by atoms with Gasteiger partial charge in [-0.15, -0.1) is 5.10 Å². The van der Waals surface area contributed by atoms with E-state index in [1.807, 2.05) is 47.1 Å². The van der Waals surface area contributed by atoms with Gasteiger partial charge in [0.05, 0.1) is 12.1 Å². The molecule has 2 aromatic carbocycles. The summed E-state index contributed by atoms with van der Waals surface area (Å²) < 4.78 is 1.84. The quantitative estimate of drug-likeness (QED) is 0.733. The molecule has 2 atom stereocenters. The molecule has 1 amide bonds. The Bertz CT molecular complexity index is 923. The molecule has 0 spiro atoms. The fourth-order valence-electron chi connectivity index (χ4n) is 3.25. The zero-order chi connectivity index (χ0) is 18.1. The summed E-state index contributed by atoms with van der Waals surface area (Å²) in [6, 6.07) is 18.1. The number of nitrogens with one attached hydrogen (secondary N) is 2. The maximum Gasteiger partial charge on any atom is 0.250 e. The Hall–Kier alpha value is -2.86. The molecule has 2 heterocycles. The highest BCUT2D eigenvalue weighted by Gasteiger charge is 2.31. The number of benzene rings is 2. The SMILES string of the molecule is CC(=O)Nc1nc2n(n1)[C@H](c1ccccc1)C[C@H](c1ccc(Cl)cc1)N2. The van der Waals surface area contributed by atoms with E-state index in [0.717, 1.165) is 17.5 Å². The summed E-state index contributed by atoms with van der Waals surface area (Å²) in [5, 5.41) is 11.3. The van der Waals surface area contributed by atoms with Gasteiger partial charge in [-0.2, -0.15) is 4.98 Å². The molecule has 0 radical (unpaired) electrons. The highest BCUT2D eigenvalue weighted by Crippen LogP contribution is 2.38. The molecule has 7 heteroatoms. The van der Waals surface area contributed by atoms with E-state index in [9.17, 15) is 4.79 Å². The zero-order valence-electron chi connectivity index (χ0n) is 14.2. The number of carbonyl (C=O) groups is 1. The number of carbonyl (C=O) groups excluding carboxylic acids is 1. The van der Waals surface area contributed by atoms with Crippen molar-refractivity contribution < 1.29 is 4.79 Å². The number of nitrogens with zero attached hydrogens (tertiary/aromatic N) is 3. The lowest BCUT2D eigenvalue weighted by atomic mass is 9.93. The summed E-state index contributed by atoms with van der Waals surface area (Å²) in [6.07, 6.45) is 0.807. The molecule has 1 aromatic heterocycles. The Labute approximate surface area is 156 Å².